The molecule has 0 atom stereocenters. The number of hydrogen-bond donors (Lipinski definition) is 1. The summed E-state index contributed by atoms with van der Waals surface area (Å²) in [6, 6.07) is 6.36. The van der Waals surface area contributed by atoms with Gasteiger partial charge < -0.3 is 14.5 Å². The molecule has 0 bridgehead atoms. The summed E-state index contributed by atoms with van der Waals surface area (Å²) in [5.74, 6) is 0.663. The second-order valence-electron chi connectivity index (χ2n) is 5.91. The molecule has 118 valence electrons. The molecule has 0 aliphatic rings. The van der Waals surface area contributed by atoms with Crippen molar-refractivity contribution in [2.45, 2.75) is 33.8 Å². The first-order valence-electron chi connectivity index (χ1n) is 7.39. The monoisotopic (exact) mass is 303 g/mol. The van der Waals surface area contributed by atoms with Crippen LogP contribution in [-0.4, -0.2) is 18.6 Å². The van der Waals surface area contributed by atoms with E-state index in [-0.39, 0.29) is 12.0 Å². The van der Waals surface area contributed by atoms with Gasteiger partial charge in [0.05, 0.1) is 11.7 Å². The minimum Gasteiger partial charge on any atom is -0.491 e. The number of benzene rings is 1. The van der Waals surface area contributed by atoms with Crippen molar-refractivity contribution in [2.75, 3.05) is 6.54 Å². The molecule has 2 rings (SSSR count). The SMILES string of the molecule is CC(C)CNC(=O)c1cc(=O)oc2cc(OC(C)C)ccc12. The zero-order valence-corrected chi connectivity index (χ0v) is 13.3. The Morgan fingerprint density at radius 2 is 1.95 bits per heavy atom. The van der Waals surface area contributed by atoms with E-state index in [1.54, 1.807) is 18.2 Å². The molecule has 22 heavy (non-hydrogen) atoms. The molecule has 0 unspecified atom stereocenters. The van der Waals surface area contributed by atoms with Gasteiger partial charge in [0.1, 0.15) is 11.3 Å². The number of nitrogens with one attached hydrogen (secondary N) is 1. The first kappa shape index (κ1) is 16.1. The molecule has 1 amide bonds. The number of carbonyl (C=O) groups is 1. The molecule has 1 N–H and O–H groups in total. The van der Waals surface area contributed by atoms with Crippen LogP contribution in [0.5, 0.6) is 5.75 Å². The average molecular weight is 303 g/mol. The van der Waals surface area contributed by atoms with Gasteiger partial charge in [-0.3, -0.25) is 4.79 Å². The molecule has 5 nitrogen and oxygen atoms in total. The standard InChI is InChI=1S/C17H21NO4/c1-10(2)9-18-17(20)14-8-16(19)22-15-7-12(21-11(3)4)5-6-13(14)15/h5-8,10-11H,9H2,1-4H3,(H,18,20). The average Bonchev–Trinajstić information content (AvgIpc) is 2.42. The van der Waals surface area contributed by atoms with E-state index in [4.69, 9.17) is 9.15 Å². The molecule has 1 aromatic carbocycles. The van der Waals surface area contributed by atoms with Crippen molar-refractivity contribution in [3.05, 3.63) is 40.2 Å². The zero-order valence-electron chi connectivity index (χ0n) is 13.3. The lowest BCUT2D eigenvalue weighted by molar-refractivity contribution is 0.0950. The van der Waals surface area contributed by atoms with Gasteiger partial charge in [-0.25, -0.2) is 4.79 Å². The van der Waals surface area contributed by atoms with E-state index >= 15 is 0 Å². The van der Waals surface area contributed by atoms with E-state index in [1.165, 1.54) is 6.07 Å². The van der Waals surface area contributed by atoms with Crippen molar-refractivity contribution in [1.82, 2.24) is 5.32 Å². The second-order valence-corrected chi connectivity index (χ2v) is 5.91. The molecular weight excluding hydrogens is 282 g/mol. The van der Waals surface area contributed by atoms with Gasteiger partial charge in [0.15, 0.2) is 0 Å². The van der Waals surface area contributed by atoms with E-state index < -0.39 is 5.63 Å². The van der Waals surface area contributed by atoms with Crippen LogP contribution in [-0.2, 0) is 0 Å². The maximum absolute atomic E-state index is 12.3. The molecule has 0 aliphatic heterocycles. The largest absolute Gasteiger partial charge is 0.491 e. The van der Waals surface area contributed by atoms with Crippen molar-refractivity contribution in [1.29, 1.82) is 0 Å². The molecule has 5 heteroatoms. The first-order valence-corrected chi connectivity index (χ1v) is 7.39. The van der Waals surface area contributed by atoms with Crippen LogP contribution in [0.15, 0.2) is 33.5 Å². The minimum absolute atomic E-state index is 0.0155. The van der Waals surface area contributed by atoms with Gasteiger partial charge in [-0.05, 0) is 31.9 Å². The molecule has 0 saturated heterocycles. The van der Waals surface area contributed by atoms with Crippen LogP contribution in [0.2, 0.25) is 0 Å². The Kier molecular flexibility index (Phi) is 4.85. The molecule has 1 aromatic heterocycles. The summed E-state index contributed by atoms with van der Waals surface area (Å²) in [5, 5.41) is 3.41. The lowest BCUT2D eigenvalue weighted by atomic mass is 10.1. The number of fused-ring (bicyclic) bond motifs is 1. The fraction of sp³-hybridized carbons (Fsp3) is 0.412. The van der Waals surface area contributed by atoms with Crippen LogP contribution in [0.1, 0.15) is 38.1 Å². The predicted octanol–water partition coefficient (Wildman–Crippen LogP) is 2.97. The summed E-state index contributed by atoms with van der Waals surface area (Å²) in [7, 11) is 0. The third-order valence-corrected chi connectivity index (χ3v) is 3.00. The Morgan fingerprint density at radius 3 is 2.59 bits per heavy atom. The van der Waals surface area contributed by atoms with Crippen LogP contribution in [0.3, 0.4) is 0 Å². The third kappa shape index (κ3) is 3.87. The van der Waals surface area contributed by atoms with Crippen LogP contribution >= 0.6 is 0 Å². The maximum Gasteiger partial charge on any atom is 0.337 e. The van der Waals surface area contributed by atoms with Gasteiger partial charge in [-0.2, -0.15) is 0 Å². The van der Waals surface area contributed by atoms with Crippen molar-refractivity contribution >= 4 is 16.9 Å². The normalized spacial score (nSPS) is 11.2. The number of rotatable bonds is 5. The second kappa shape index (κ2) is 6.64. The topological polar surface area (TPSA) is 68.5 Å². The van der Waals surface area contributed by atoms with Gasteiger partial charge in [0.25, 0.3) is 5.91 Å². The van der Waals surface area contributed by atoms with Crippen molar-refractivity contribution < 1.29 is 13.9 Å². The van der Waals surface area contributed by atoms with E-state index in [1.807, 2.05) is 27.7 Å². The number of hydrogen-bond acceptors (Lipinski definition) is 4. The van der Waals surface area contributed by atoms with E-state index in [0.29, 0.717) is 34.7 Å². The van der Waals surface area contributed by atoms with E-state index in [9.17, 15) is 9.59 Å². The number of carbonyl (C=O) groups excluding carboxylic acids is 1. The lowest BCUT2D eigenvalue weighted by Crippen LogP contribution is -2.28. The molecule has 0 aliphatic carbocycles. The van der Waals surface area contributed by atoms with Gasteiger partial charge >= 0.3 is 5.63 Å². The van der Waals surface area contributed by atoms with Gasteiger partial charge in [-0.15, -0.1) is 0 Å². The maximum atomic E-state index is 12.3. The Hall–Kier alpha value is -2.30. The molecule has 2 aromatic rings. The van der Waals surface area contributed by atoms with Crippen LogP contribution < -0.4 is 15.7 Å². The van der Waals surface area contributed by atoms with Crippen molar-refractivity contribution in [3.8, 4) is 5.75 Å². The summed E-state index contributed by atoms with van der Waals surface area (Å²) in [5.41, 5.74) is 0.118. The highest BCUT2D eigenvalue weighted by Gasteiger charge is 2.14. The fourth-order valence-corrected chi connectivity index (χ4v) is 2.07. The fourth-order valence-electron chi connectivity index (χ4n) is 2.07. The Bertz CT molecular complexity index is 731. The Labute approximate surface area is 129 Å². The van der Waals surface area contributed by atoms with Crippen molar-refractivity contribution in [3.63, 3.8) is 0 Å². The van der Waals surface area contributed by atoms with Crippen LogP contribution in [0.25, 0.3) is 11.0 Å². The Morgan fingerprint density at radius 1 is 1.23 bits per heavy atom. The highest BCUT2D eigenvalue weighted by atomic mass is 16.5. The van der Waals surface area contributed by atoms with Gasteiger partial charge in [0.2, 0.25) is 0 Å². The van der Waals surface area contributed by atoms with Crippen LogP contribution in [0.4, 0.5) is 0 Å². The quantitative estimate of drug-likeness (QED) is 0.862. The highest BCUT2D eigenvalue weighted by Crippen LogP contribution is 2.23. The van der Waals surface area contributed by atoms with Crippen LogP contribution in [0, 0.1) is 5.92 Å². The molecule has 0 saturated carbocycles. The summed E-state index contributed by atoms with van der Waals surface area (Å²) in [6.07, 6.45) is 0.0155. The molecular formula is C17H21NO4. The first-order chi connectivity index (χ1) is 10.4. The molecule has 0 radical (unpaired) electrons. The molecule has 0 spiro atoms. The smallest absolute Gasteiger partial charge is 0.337 e. The van der Waals surface area contributed by atoms with E-state index in [0.717, 1.165) is 0 Å². The Balaban J connectivity index is 2.42. The summed E-state index contributed by atoms with van der Waals surface area (Å²) < 4.78 is 10.8. The number of amides is 1. The molecule has 0 fully saturated rings. The molecule has 1 heterocycles. The van der Waals surface area contributed by atoms with Crippen molar-refractivity contribution in [2.24, 2.45) is 5.92 Å². The van der Waals surface area contributed by atoms with Gasteiger partial charge in [-0.1, -0.05) is 13.8 Å². The summed E-state index contributed by atoms with van der Waals surface area (Å²) in [4.78, 5) is 23.9. The summed E-state index contributed by atoms with van der Waals surface area (Å²) >= 11 is 0. The predicted molar refractivity (Wildman–Crippen MR) is 85.4 cm³/mol. The van der Waals surface area contributed by atoms with Gasteiger partial charge in [0, 0.05) is 24.1 Å². The minimum atomic E-state index is -0.552. The zero-order chi connectivity index (χ0) is 16.3. The van der Waals surface area contributed by atoms with E-state index in [2.05, 4.69) is 5.32 Å². The lowest BCUT2D eigenvalue weighted by Gasteiger charge is -2.11. The third-order valence-electron chi connectivity index (χ3n) is 3.00. The summed E-state index contributed by atoms with van der Waals surface area (Å²) in [6.45, 7) is 8.39. The number of ether oxygens (including phenoxy) is 1. The highest BCUT2D eigenvalue weighted by molar-refractivity contribution is 6.05.